The third-order valence-electron chi connectivity index (χ3n) is 5.86. The Kier molecular flexibility index (Phi) is 5.23. The molecule has 0 unspecified atom stereocenters. The Bertz CT molecular complexity index is 1410. The van der Waals surface area contributed by atoms with E-state index in [2.05, 4.69) is 14.9 Å². The molecule has 0 saturated carbocycles. The van der Waals surface area contributed by atoms with Crippen LogP contribution < -0.4 is 4.90 Å². The Morgan fingerprint density at radius 1 is 0.853 bits per heavy atom. The third-order valence-corrected chi connectivity index (χ3v) is 6.88. The molecule has 1 fully saturated rings. The topological polar surface area (TPSA) is 80.0 Å². The second kappa shape index (κ2) is 8.68. The van der Waals surface area contributed by atoms with Crippen molar-refractivity contribution in [1.29, 1.82) is 0 Å². The molecule has 0 aliphatic carbocycles. The van der Waals surface area contributed by atoms with Gasteiger partial charge in [0.1, 0.15) is 0 Å². The molecule has 1 aliphatic rings. The summed E-state index contributed by atoms with van der Waals surface area (Å²) in [4.78, 5) is 30.8. The highest BCUT2D eigenvalue weighted by Crippen LogP contribution is 2.30. The van der Waals surface area contributed by atoms with Crippen molar-refractivity contribution in [2.45, 2.75) is 0 Å². The zero-order valence-corrected chi connectivity index (χ0v) is 19.1. The molecule has 0 radical (unpaired) electrons. The van der Waals surface area contributed by atoms with E-state index in [1.165, 1.54) is 0 Å². The van der Waals surface area contributed by atoms with E-state index in [4.69, 9.17) is 10.1 Å². The van der Waals surface area contributed by atoms with E-state index in [0.29, 0.717) is 37.8 Å². The molecule has 6 rings (SSSR count). The van der Waals surface area contributed by atoms with Gasteiger partial charge < -0.3 is 9.80 Å². The zero-order chi connectivity index (χ0) is 22.9. The number of piperazine rings is 1. The predicted molar refractivity (Wildman–Crippen MR) is 132 cm³/mol. The SMILES string of the molecule is O=C(c1cc(-c2ccccc2)n(-c2nc3ccccc3s2)n1)N1CCN(c2ncccn2)CC1. The van der Waals surface area contributed by atoms with Gasteiger partial charge in [-0.05, 0) is 24.3 Å². The van der Waals surface area contributed by atoms with Crippen molar-refractivity contribution in [2.24, 2.45) is 0 Å². The number of thiazole rings is 1. The molecule has 0 spiro atoms. The molecular formula is C25H21N7OS. The first-order valence-electron chi connectivity index (χ1n) is 11.1. The number of rotatable bonds is 4. The number of amides is 1. The second-order valence-electron chi connectivity index (χ2n) is 7.98. The molecule has 4 heterocycles. The number of carbonyl (C=O) groups is 1. The zero-order valence-electron chi connectivity index (χ0n) is 18.3. The number of aromatic nitrogens is 5. The van der Waals surface area contributed by atoms with Crippen LogP contribution in [0.2, 0.25) is 0 Å². The molecule has 168 valence electrons. The van der Waals surface area contributed by atoms with Crippen LogP contribution in [-0.4, -0.2) is 61.7 Å². The van der Waals surface area contributed by atoms with Crippen molar-refractivity contribution in [1.82, 2.24) is 29.6 Å². The first kappa shape index (κ1) is 20.5. The van der Waals surface area contributed by atoms with E-state index in [-0.39, 0.29) is 5.91 Å². The van der Waals surface area contributed by atoms with Gasteiger partial charge in [-0.15, -0.1) is 0 Å². The number of nitrogens with zero attached hydrogens (tertiary/aromatic N) is 7. The number of anilines is 1. The number of fused-ring (bicyclic) bond motifs is 1. The van der Waals surface area contributed by atoms with E-state index in [1.807, 2.05) is 65.6 Å². The number of para-hydroxylation sites is 1. The van der Waals surface area contributed by atoms with Crippen molar-refractivity contribution < 1.29 is 4.79 Å². The van der Waals surface area contributed by atoms with Crippen molar-refractivity contribution in [2.75, 3.05) is 31.1 Å². The Balaban J connectivity index is 1.31. The first-order chi connectivity index (χ1) is 16.8. The second-order valence-corrected chi connectivity index (χ2v) is 8.99. The lowest BCUT2D eigenvalue weighted by molar-refractivity contribution is 0.0740. The average Bonchev–Trinajstić information content (AvgIpc) is 3.54. The molecule has 5 aromatic rings. The summed E-state index contributed by atoms with van der Waals surface area (Å²) in [6.45, 7) is 2.54. The predicted octanol–water partition coefficient (Wildman–Crippen LogP) is 3.90. The largest absolute Gasteiger partial charge is 0.337 e. The van der Waals surface area contributed by atoms with Crippen LogP contribution in [0.1, 0.15) is 10.5 Å². The maximum absolute atomic E-state index is 13.4. The molecular weight excluding hydrogens is 446 g/mol. The lowest BCUT2D eigenvalue weighted by Gasteiger charge is -2.34. The highest BCUT2D eigenvalue weighted by atomic mass is 32.1. The van der Waals surface area contributed by atoms with Gasteiger partial charge in [0.2, 0.25) is 11.1 Å². The van der Waals surface area contributed by atoms with Gasteiger partial charge in [-0.25, -0.2) is 19.6 Å². The normalized spacial score (nSPS) is 14.0. The van der Waals surface area contributed by atoms with Crippen LogP contribution in [0.25, 0.3) is 26.6 Å². The molecule has 0 N–H and O–H groups in total. The minimum atomic E-state index is -0.0781. The molecule has 3 aromatic heterocycles. The maximum atomic E-state index is 13.4. The van der Waals surface area contributed by atoms with Gasteiger partial charge in [0.25, 0.3) is 5.91 Å². The molecule has 0 atom stereocenters. The van der Waals surface area contributed by atoms with Gasteiger partial charge in [-0.3, -0.25) is 4.79 Å². The summed E-state index contributed by atoms with van der Waals surface area (Å²) >= 11 is 1.56. The lowest BCUT2D eigenvalue weighted by atomic mass is 10.1. The quantitative estimate of drug-likeness (QED) is 0.399. The summed E-state index contributed by atoms with van der Waals surface area (Å²) in [6.07, 6.45) is 3.47. The standard InChI is InChI=1S/C25H21N7OS/c33-23(30-13-15-31(16-14-30)24-26-11-6-12-27-24)20-17-21(18-7-2-1-3-8-18)32(29-20)25-28-19-9-4-5-10-22(19)34-25/h1-12,17H,13-16H2. The average molecular weight is 468 g/mol. The molecule has 0 bridgehead atoms. The van der Waals surface area contributed by atoms with Crippen LogP contribution in [0.3, 0.4) is 0 Å². The number of hydrogen-bond donors (Lipinski definition) is 0. The summed E-state index contributed by atoms with van der Waals surface area (Å²) in [6, 6.07) is 21.7. The summed E-state index contributed by atoms with van der Waals surface area (Å²) in [5, 5.41) is 5.48. The first-order valence-corrected chi connectivity index (χ1v) is 11.9. The minimum Gasteiger partial charge on any atom is -0.337 e. The fourth-order valence-electron chi connectivity index (χ4n) is 4.12. The maximum Gasteiger partial charge on any atom is 0.274 e. The fraction of sp³-hybridized carbons (Fsp3) is 0.160. The molecule has 8 nitrogen and oxygen atoms in total. The summed E-state index contributed by atoms with van der Waals surface area (Å²) in [5.74, 6) is 0.617. The van der Waals surface area contributed by atoms with Crippen LogP contribution >= 0.6 is 11.3 Å². The highest BCUT2D eigenvalue weighted by molar-refractivity contribution is 7.20. The van der Waals surface area contributed by atoms with Gasteiger partial charge in [-0.1, -0.05) is 53.8 Å². The number of carbonyl (C=O) groups excluding carboxylic acids is 1. The molecule has 1 amide bonds. The summed E-state index contributed by atoms with van der Waals surface area (Å²) < 4.78 is 2.88. The molecule has 1 saturated heterocycles. The smallest absolute Gasteiger partial charge is 0.274 e. The highest BCUT2D eigenvalue weighted by Gasteiger charge is 2.26. The Morgan fingerprint density at radius 2 is 1.59 bits per heavy atom. The minimum absolute atomic E-state index is 0.0781. The van der Waals surface area contributed by atoms with Crippen molar-refractivity contribution in [3.63, 3.8) is 0 Å². The molecule has 2 aromatic carbocycles. The van der Waals surface area contributed by atoms with Gasteiger partial charge in [0.05, 0.1) is 15.9 Å². The van der Waals surface area contributed by atoms with Crippen LogP contribution in [-0.2, 0) is 0 Å². The number of benzene rings is 2. The summed E-state index contributed by atoms with van der Waals surface area (Å²) in [7, 11) is 0. The van der Waals surface area contributed by atoms with Gasteiger partial charge in [0.15, 0.2) is 5.69 Å². The molecule has 1 aliphatic heterocycles. The lowest BCUT2D eigenvalue weighted by Crippen LogP contribution is -2.49. The van der Waals surface area contributed by atoms with Crippen molar-refractivity contribution in [3.8, 4) is 16.4 Å². The Labute approximate surface area is 200 Å². The monoisotopic (exact) mass is 467 g/mol. The van der Waals surface area contributed by atoms with Crippen LogP contribution in [0.15, 0.2) is 79.1 Å². The van der Waals surface area contributed by atoms with Gasteiger partial charge in [0, 0.05) is 44.1 Å². The molecule has 34 heavy (non-hydrogen) atoms. The van der Waals surface area contributed by atoms with E-state index in [1.54, 1.807) is 34.5 Å². The Hall–Kier alpha value is -4.11. The van der Waals surface area contributed by atoms with E-state index < -0.39 is 0 Å². The third kappa shape index (κ3) is 3.80. The van der Waals surface area contributed by atoms with Gasteiger partial charge >= 0.3 is 0 Å². The van der Waals surface area contributed by atoms with Gasteiger partial charge in [-0.2, -0.15) is 5.10 Å². The van der Waals surface area contributed by atoms with Crippen LogP contribution in [0.4, 0.5) is 5.95 Å². The van der Waals surface area contributed by atoms with E-state index >= 15 is 0 Å². The van der Waals surface area contributed by atoms with Crippen LogP contribution in [0, 0.1) is 0 Å². The Morgan fingerprint density at radius 3 is 2.35 bits per heavy atom. The van der Waals surface area contributed by atoms with Crippen molar-refractivity contribution in [3.05, 3.63) is 84.8 Å². The number of hydrogen-bond acceptors (Lipinski definition) is 7. The van der Waals surface area contributed by atoms with Crippen LogP contribution in [0.5, 0.6) is 0 Å². The van der Waals surface area contributed by atoms with E-state index in [0.717, 1.165) is 26.6 Å². The summed E-state index contributed by atoms with van der Waals surface area (Å²) in [5.41, 5.74) is 3.17. The molecule has 9 heteroatoms. The fourth-order valence-corrected chi connectivity index (χ4v) is 5.05. The van der Waals surface area contributed by atoms with Crippen molar-refractivity contribution >= 4 is 33.4 Å². The van der Waals surface area contributed by atoms with E-state index in [9.17, 15) is 4.79 Å².